The maximum atomic E-state index is 13.3. The van der Waals surface area contributed by atoms with Gasteiger partial charge in [-0.15, -0.1) is 0 Å². The molecule has 1 aliphatic rings. The highest BCUT2D eigenvalue weighted by atomic mass is 79.9. The Balaban J connectivity index is 2.01. The highest BCUT2D eigenvalue weighted by molar-refractivity contribution is 9.10. The Hall–Kier alpha value is -2.86. The number of hydrogen-bond donors (Lipinski definition) is 0. The van der Waals surface area contributed by atoms with Crippen LogP contribution in [-0.2, 0) is 17.5 Å². The first-order chi connectivity index (χ1) is 13.5. The van der Waals surface area contributed by atoms with Gasteiger partial charge in [-0.1, -0.05) is 28.1 Å². The third kappa shape index (κ3) is 3.72. The first-order valence-electron chi connectivity index (χ1n) is 8.49. The van der Waals surface area contributed by atoms with Gasteiger partial charge in [0.1, 0.15) is 5.54 Å². The molecule has 1 heterocycles. The zero-order chi connectivity index (χ0) is 21.6. The summed E-state index contributed by atoms with van der Waals surface area (Å²) < 4.78 is 40.7. The number of carbonyl (C=O) groups excluding carboxylic acids is 2. The number of alkyl halides is 3. The molecular weight excluding hydrogens is 451 g/mol. The van der Waals surface area contributed by atoms with E-state index < -0.39 is 34.8 Å². The molecule has 0 atom stereocenters. The quantitative estimate of drug-likeness (QED) is 0.593. The van der Waals surface area contributed by atoms with E-state index in [0.717, 1.165) is 21.0 Å². The van der Waals surface area contributed by atoms with E-state index in [2.05, 4.69) is 15.9 Å². The number of imide groups is 1. The Morgan fingerprint density at radius 2 is 1.72 bits per heavy atom. The van der Waals surface area contributed by atoms with Gasteiger partial charge < -0.3 is 4.90 Å². The monoisotopic (exact) mass is 465 g/mol. The fraction of sp³-hybridized carbons (Fsp3) is 0.250. The van der Waals surface area contributed by atoms with Gasteiger partial charge in [0.15, 0.2) is 0 Å². The van der Waals surface area contributed by atoms with Crippen molar-refractivity contribution >= 4 is 33.6 Å². The molecule has 0 bridgehead atoms. The SMILES string of the molecule is CC1(C)C(=O)N(c2ccc(C#N)c(C(F)(F)F)c2)C(=O)N1Cc1ccc(Br)cc1. The van der Waals surface area contributed by atoms with E-state index in [1.54, 1.807) is 38.1 Å². The Morgan fingerprint density at radius 3 is 2.28 bits per heavy atom. The van der Waals surface area contributed by atoms with Crippen molar-refractivity contribution in [3.05, 3.63) is 63.6 Å². The van der Waals surface area contributed by atoms with Crippen LogP contribution in [0.2, 0.25) is 0 Å². The van der Waals surface area contributed by atoms with Crippen LogP contribution in [0.3, 0.4) is 0 Å². The minimum absolute atomic E-state index is 0.115. The number of nitrogens with zero attached hydrogens (tertiary/aromatic N) is 3. The molecule has 2 aromatic carbocycles. The summed E-state index contributed by atoms with van der Waals surface area (Å²) in [4.78, 5) is 28.0. The van der Waals surface area contributed by atoms with Crippen LogP contribution in [0.25, 0.3) is 0 Å². The predicted octanol–water partition coefficient (Wildman–Crippen LogP) is 5.09. The average molecular weight is 466 g/mol. The average Bonchev–Trinajstić information content (AvgIpc) is 2.82. The smallest absolute Gasteiger partial charge is 0.305 e. The number of hydrogen-bond acceptors (Lipinski definition) is 3. The lowest BCUT2D eigenvalue weighted by atomic mass is 10.0. The molecule has 1 saturated heterocycles. The zero-order valence-corrected chi connectivity index (χ0v) is 17.0. The Kier molecular flexibility index (Phi) is 5.17. The molecule has 1 fully saturated rings. The summed E-state index contributed by atoms with van der Waals surface area (Å²) in [7, 11) is 0. The lowest BCUT2D eigenvalue weighted by molar-refractivity contribution is -0.137. The van der Waals surface area contributed by atoms with Crippen molar-refractivity contribution < 1.29 is 22.8 Å². The molecule has 3 rings (SSSR count). The van der Waals surface area contributed by atoms with Crippen LogP contribution in [0.5, 0.6) is 0 Å². The molecule has 0 radical (unpaired) electrons. The van der Waals surface area contributed by atoms with E-state index in [9.17, 15) is 22.8 Å². The van der Waals surface area contributed by atoms with Gasteiger partial charge in [0.05, 0.1) is 22.9 Å². The number of amides is 3. The number of rotatable bonds is 3. The second-order valence-electron chi connectivity index (χ2n) is 7.03. The fourth-order valence-electron chi connectivity index (χ4n) is 3.10. The summed E-state index contributed by atoms with van der Waals surface area (Å²) in [6.45, 7) is 3.20. The van der Waals surface area contributed by atoms with Crippen molar-refractivity contribution in [2.45, 2.75) is 32.1 Å². The molecule has 0 saturated carbocycles. The summed E-state index contributed by atoms with van der Waals surface area (Å²) in [5.74, 6) is -0.641. The largest absolute Gasteiger partial charge is 0.417 e. The molecule has 0 spiro atoms. The number of nitriles is 1. The van der Waals surface area contributed by atoms with Crippen LogP contribution in [0, 0.1) is 11.3 Å². The third-order valence-electron chi connectivity index (χ3n) is 4.76. The van der Waals surface area contributed by atoms with Crippen LogP contribution < -0.4 is 4.90 Å². The molecule has 5 nitrogen and oxygen atoms in total. The maximum Gasteiger partial charge on any atom is 0.417 e. The van der Waals surface area contributed by atoms with Gasteiger partial charge in [0.25, 0.3) is 5.91 Å². The first kappa shape index (κ1) is 20.9. The lowest BCUT2D eigenvalue weighted by Gasteiger charge is -2.27. The van der Waals surface area contributed by atoms with Gasteiger partial charge in [-0.2, -0.15) is 18.4 Å². The van der Waals surface area contributed by atoms with Crippen molar-refractivity contribution in [2.75, 3.05) is 4.90 Å². The summed E-state index contributed by atoms with van der Waals surface area (Å²) in [5.41, 5.74) is -2.48. The van der Waals surface area contributed by atoms with E-state index in [0.29, 0.717) is 6.07 Å². The number of benzene rings is 2. The van der Waals surface area contributed by atoms with Crippen LogP contribution in [0.4, 0.5) is 23.7 Å². The van der Waals surface area contributed by atoms with Crippen molar-refractivity contribution in [3.63, 3.8) is 0 Å². The van der Waals surface area contributed by atoms with E-state index in [1.165, 1.54) is 17.0 Å². The number of urea groups is 1. The van der Waals surface area contributed by atoms with Crippen molar-refractivity contribution in [1.29, 1.82) is 5.26 Å². The van der Waals surface area contributed by atoms with Gasteiger partial charge in [-0.05, 0) is 49.7 Å². The highest BCUT2D eigenvalue weighted by Gasteiger charge is 2.52. The van der Waals surface area contributed by atoms with Gasteiger partial charge >= 0.3 is 12.2 Å². The van der Waals surface area contributed by atoms with Crippen LogP contribution in [-0.4, -0.2) is 22.4 Å². The normalized spacial score (nSPS) is 16.3. The minimum atomic E-state index is -4.79. The number of halogens is 4. The summed E-state index contributed by atoms with van der Waals surface area (Å²) in [5, 5.41) is 8.94. The minimum Gasteiger partial charge on any atom is -0.305 e. The Labute approximate surface area is 173 Å². The maximum absolute atomic E-state index is 13.3. The van der Waals surface area contributed by atoms with E-state index >= 15 is 0 Å². The van der Waals surface area contributed by atoms with Crippen LogP contribution >= 0.6 is 15.9 Å². The van der Waals surface area contributed by atoms with Gasteiger partial charge in [-0.25, -0.2) is 9.69 Å². The van der Waals surface area contributed by atoms with Crippen molar-refractivity contribution in [3.8, 4) is 6.07 Å². The van der Waals surface area contributed by atoms with Gasteiger partial charge in [-0.3, -0.25) is 4.79 Å². The summed E-state index contributed by atoms with van der Waals surface area (Å²) in [6, 6.07) is 10.7. The van der Waals surface area contributed by atoms with Crippen molar-refractivity contribution in [2.24, 2.45) is 0 Å². The van der Waals surface area contributed by atoms with E-state index in [4.69, 9.17) is 5.26 Å². The molecular formula is C20H15BrF3N3O2. The third-order valence-corrected chi connectivity index (χ3v) is 5.29. The molecule has 150 valence electrons. The first-order valence-corrected chi connectivity index (χ1v) is 9.28. The van der Waals surface area contributed by atoms with E-state index in [1.807, 2.05) is 0 Å². The molecule has 0 aromatic heterocycles. The number of carbonyl (C=O) groups is 2. The van der Waals surface area contributed by atoms with Gasteiger partial charge in [0, 0.05) is 11.0 Å². The highest BCUT2D eigenvalue weighted by Crippen LogP contribution is 2.38. The molecule has 29 heavy (non-hydrogen) atoms. The summed E-state index contributed by atoms with van der Waals surface area (Å²) in [6.07, 6.45) is -4.79. The molecule has 2 aromatic rings. The van der Waals surface area contributed by atoms with Crippen LogP contribution in [0.15, 0.2) is 46.9 Å². The molecule has 9 heteroatoms. The zero-order valence-electron chi connectivity index (χ0n) is 15.4. The van der Waals surface area contributed by atoms with Crippen molar-refractivity contribution in [1.82, 2.24) is 4.90 Å². The molecule has 3 amide bonds. The molecule has 0 N–H and O–H groups in total. The van der Waals surface area contributed by atoms with E-state index in [-0.39, 0.29) is 12.2 Å². The van der Waals surface area contributed by atoms with Gasteiger partial charge in [0.2, 0.25) is 0 Å². The lowest BCUT2D eigenvalue weighted by Crippen LogP contribution is -2.43. The second-order valence-corrected chi connectivity index (χ2v) is 7.95. The molecule has 0 unspecified atom stereocenters. The standard InChI is InChI=1S/C20H15BrF3N3O2/c1-19(2)17(28)27(15-8-5-13(10-25)16(9-15)20(22,23)24)18(29)26(19)11-12-3-6-14(21)7-4-12/h3-9H,11H2,1-2H3. The van der Waals surface area contributed by atoms with Crippen LogP contribution in [0.1, 0.15) is 30.5 Å². The summed E-state index contributed by atoms with van der Waals surface area (Å²) >= 11 is 3.32. The number of anilines is 1. The Bertz CT molecular complexity index is 1030. The Morgan fingerprint density at radius 1 is 1.10 bits per heavy atom. The fourth-order valence-corrected chi connectivity index (χ4v) is 3.37. The molecule has 0 aliphatic carbocycles. The molecule has 1 aliphatic heterocycles. The second kappa shape index (κ2) is 7.19. The predicted molar refractivity (Wildman–Crippen MR) is 103 cm³/mol. The topological polar surface area (TPSA) is 64.4 Å².